The van der Waals surface area contributed by atoms with Crippen molar-refractivity contribution in [3.63, 3.8) is 0 Å². The lowest BCUT2D eigenvalue weighted by Gasteiger charge is -2.25. The molecule has 0 aromatic carbocycles. The van der Waals surface area contributed by atoms with Crippen molar-refractivity contribution in [1.29, 1.82) is 0 Å². The highest BCUT2D eigenvalue weighted by Crippen LogP contribution is 2.30. The van der Waals surface area contributed by atoms with Crippen LogP contribution in [-0.2, 0) is 0 Å². The number of hydrogen-bond donors (Lipinski definition) is 1. The van der Waals surface area contributed by atoms with Crippen molar-refractivity contribution < 1.29 is 5.11 Å². The van der Waals surface area contributed by atoms with E-state index in [4.69, 9.17) is 0 Å². The molecule has 1 aliphatic carbocycles. The lowest BCUT2D eigenvalue weighted by molar-refractivity contribution is 0.317. The standard InChI is InChI=1S/C14H22N2O2S/c1-2-3-9-19-14-15-12(17)10-13(18)16(14)11-7-5-4-6-8-11/h10-11,17H,2-9H2,1H3. The summed E-state index contributed by atoms with van der Waals surface area (Å²) in [4.78, 5) is 16.3. The van der Waals surface area contributed by atoms with Crippen molar-refractivity contribution >= 4 is 11.8 Å². The highest BCUT2D eigenvalue weighted by molar-refractivity contribution is 7.99. The number of unbranched alkanes of at least 4 members (excludes halogenated alkanes) is 1. The van der Waals surface area contributed by atoms with E-state index in [9.17, 15) is 9.90 Å². The molecule has 0 radical (unpaired) electrons. The monoisotopic (exact) mass is 282 g/mol. The van der Waals surface area contributed by atoms with Gasteiger partial charge in [-0.15, -0.1) is 0 Å². The number of rotatable bonds is 5. The average Bonchev–Trinajstić information content (AvgIpc) is 2.39. The van der Waals surface area contributed by atoms with Gasteiger partial charge in [-0.2, -0.15) is 4.98 Å². The number of nitrogens with zero attached hydrogens (tertiary/aromatic N) is 2. The molecule has 106 valence electrons. The lowest BCUT2D eigenvalue weighted by Crippen LogP contribution is -2.28. The average molecular weight is 282 g/mol. The van der Waals surface area contributed by atoms with Crippen LogP contribution in [-0.4, -0.2) is 20.4 Å². The first kappa shape index (κ1) is 14.4. The molecule has 0 aliphatic heterocycles. The largest absolute Gasteiger partial charge is 0.493 e. The fourth-order valence-electron chi connectivity index (χ4n) is 2.54. The minimum absolute atomic E-state index is 0.113. The normalized spacial score (nSPS) is 16.7. The highest BCUT2D eigenvalue weighted by Gasteiger charge is 2.20. The third kappa shape index (κ3) is 3.75. The molecule has 1 fully saturated rings. The van der Waals surface area contributed by atoms with Crippen LogP contribution >= 0.6 is 11.8 Å². The lowest BCUT2D eigenvalue weighted by atomic mass is 9.95. The summed E-state index contributed by atoms with van der Waals surface area (Å²) in [5.41, 5.74) is -0.113. The van der Waals surface area contributed by atoms with E-state index in [2.05, 4.69) is 11.9 Å². The van der Waals surface area contributed by atoms with Crippen molar-refractivity contribution in [2.24, 2.45) is 0 Å². The Balaban J connectivity index is 2.25. The second kappa shape index (κ2) is 6.98. The van der Waals surface area contributed by atoms with Gasteiger partial charge in [0.05, 0.1) is 6.07 Å². The molecule has 4 nitrogen and oxygen atoms in total. The van der Waals surface area contributed by atoms with E-state index >= 15 is 0 Å². The van der Waals surface area contributed by atoms with Crippen LogP contribution in [0.3, 0.4) is 0 Å². The molecule has 1 N–H and O–H groups in total. The molecule has 0 amide bonds. The maximum absolute atomic E-state index is 12.1. The molecule has 1 saturated carbocycles. The molecular weight excluding hydrogens is 260 g/mol. The predicted molar refractivity (Wildman–Crippen MR) is 77.9 cm³/mol. The van der Waals surface area contributed by atoms with Crippen LogP contribution in [0.15, 0.2) is 16.0 Å². The van der Waals surface area contributed by atoms with Gasteiger partial charge in [-0.1, -0.05) is 44.4 Å². The van der Waals surface area contributed by atoms with Crippen LogP contribution in [0.1, 0.15) is 57.9 Å². The first-order valence-electron chi connectivity index (χ1n) is 7.17. The molecule has 0 spiro atoms. The van der Waals surface area contributed by atoms with Crippen LogP contribution in [0, 0.1) is 0 Å². The number of aromatic nitrogens is 2. The van der Waals surface area contributed by atoms with E-state index in [1.54, 1.807) is 16.3 Å². The van der Waals surface area contributed by atoms with Crippen LogP contribution in [0.4, 0.5) is 0 Å². The van der Waals surface area contributed by atoms with Gasteiger partial charge in [-0.05, 0) is 19.3 Å². The van der Waals surface area contributed by atoms with Crippen molar-refractivity contribution in [2.75, 3.05) is 5.75 Å². The van der Waals surface area contributed by atoms with Crippen molar-refractivity contribution in [3.05, 3.63) is 16.4 Å². The van der Waals surface area contributed by atoms with Crippen molar-refractivity contribution in [1.82, 2.24) is 9.55 Å². The maximum Gasteiger partial charge on any atom is 0.258 e. The molecule has 1 aromatic heterocycles. The van der Waals surface area contributed by atoms with Gasteiger partial charge in [-0.25, -0.2) is 0 Å². The second-order valence-corrected chi connectivity index (χ2v) is 6.16. The Morgan fingerprint density at radius 2 is 2.16 bits per heavy atom. The minimum atomic E-state index is -0.156. The molecule has 1 heterocycles. The first-order chi connectivity index (χ1) is 9.22. The topological polar surface area (TPSA) is 55.1 Å². The molecule has 0 saturated heterocycles. The molecule has 0 bridgehead atoms. The predicted octanol–water partition coefficient (Wildman–Crippen LogP) is 3.35. The van der Waals surface area contributed by atoms with Gasteiger partial charge in [0.25, 0.3) is 5.56 Å². The maximum atomic E-state index is 12.1. The smallest absolute Gasteiger partial charge is 0.258 e. The zero-order valence-corrected chi connectivity index (χ0v) is 12.3. The first-order valence-corrected chi connectivity index (χ1v) is 8.16. The van der Waals surface area contributed by atoms with Gasteiger partial charge in [0.1, 0.15) is 0 Å². The van der Waals surface area contributed by atoms with E-state index in [0.717, 1.165) is 31.4 Å². The molecule has 0 atom stereocenters. The molecule has 5 heteroatoms. The Bertz CT molecular complexity index is 467. The van der Waals surface area contributed by atoms with Gasteiger partial charge in [-0.3, -0.25) is 9.36 Å². The van der Waals surface area contributed by atoms with Gasteiger partial charge in [0.15, 0.2) is 5.16 Å². The van der Waals surface area contributed by atoms with Gasteiger partial charge >= 0.3 is 0 Å². The molecule has 1 aromatic rings. The summed E-state index contributed by atoms with van der Waals surface area (Å²) in [5.74, 6) is 0.787. The van der Waals surface area contributed by atoms with Crippen LogP contribution < -0.4 is 5.56 Å². The van der Waals surface area contributed by atoms with E-state index in [1.807, 2.05) is 0 Å². The molecule has 2 rings (SSSR count). The van der Waals surface area contributed by atoms with E-state index in [-0.39, 0.29) is 17.5 Å². The Morgan fingerprint density at radius 1 is 1.42 bits per heavy atom. The van der Waals surface area contributed by atoms with Crippen molar-refractivity contribution in [2.45, 2.75) is 63.1 Å². The van der Waals surface area contributed by atoms with Gasteiger partial charge in [0, 0.05) is 11.8 Å². The van der Waals surface area contributed by atoms with Crippen LogP contribution in [0.5, 0.6) is 5.88 Å². The zero-order valence-electron chi connectivity index (χ0n) is 11.5. The third-order valence-electron chi connectivity index (χ3n) is 3.58. The third-order valence-corrected chi connectivity index (χ3v) is 4.61. The number of aromatic hydroxyl groups is 1. The Hall–Kier alpha value is -0.970. The van der Waals surface area contributed by atoms with E-state index in [0.29, 0.717) is 5.16 Å². The van der Waals surface area contributed by atoms with E-state index < -0.39 is 0 Å². The van der Waals surface area contributed by atoms with Crippen LogP contribution in [0.25, 0.3) is 0 Å². The molecule has 1 aliphatic rings. The summed E-state index contributed by atoms with van der Waals surface area (Å²) in [6.07, 6.45) is 7.94. The second-order valence-electron chi connectivity index (χ2n) is 5.10. The Labute approximate surface area is 118 Å². The zero-order chi connectivity index (χ0) is 13.7. The Kier molecular flexibility index (Phi) is 5.31. The SMILES string of the molecule is CCCCSc1nc(O)cc(=O)n1C1CCCCC1. The number of thioether (sulfide) groups is 1. The molecule has 19 heavy (non-hydrogen) atoms. The summed E-state index contributed by atoms with van der Waals surface area (Å²) in [7, 11) is 0. The fraction of sp³-hybridized carbons (Fsp3) is 0.714. The van der Waals surface area contributed by atoms with E-state index in [1.165, 1.54) is 25.3 Å². The quantitative estimate of drug-likeness (QED) is 0.511. The fourth-order valence-corrected chi connectivity index (χ4v) is 3.70. The highest BCUT2D eigenvalue weighted by atomic mass is 32.2. The summed E-state index contributed by atoms with van der Waals surface area (Å²) < 4.78 is 1.80. The van der Waals surface area contributed by atoms with Crippen molar-refractivity contribution in [3.8, 4) is 5.88 Å². The van der Waals surface area contributed by atoms with Gasteiger partial charge in [0.2, 0.25) is 5.88 Å². The summed E-state index contributed by atoms with van der Waals surface area (Å²) in [6.45, 7) is 2.14. The Morgan fingerprint density at radius 3 is 2.84 bits per heavy atom. The van der Waals surface area contributed by atoms with Gasteiger partial charge < -0.3 is 5.11 Å². The molecular formula is C14H22N2O2S. The summed E-state index contributed by atoms with van der Waals surface area (Å²) in [6, 6.07) is 1.50. The summed E-state index contributed by atoms with van der Waals surface area (Å²) in [5, 5.41) is 10.2. The molecule has 0 unspecified atom stereocenters. The minimum Gasteiger partial charge on any atom is -0.493 e. The summed E-state index contributed by atoms with van der Waals surface area (Å²) >= 11 is 1.59. The van der Waals surface area contributed by atoms with Crippen LogP contribution in [0.2, 0.25) is 0 Å². The number of hydrogen-bond acceptors (Lipinski definition) is 4.